The lowest BCUT2D eigenvalue weighted by molar-refractivity contribution is -0.124. The molecule has 150 valence electrons. The normalized spacial score (nSPS) is 16.0. The molecule has 0 radical (unpaired) electrons. The van der Waals surface area contributed by atoms with E-state index >= 15 is 0 Å². The Bertz CT molecular complexity index is 1110. The summed E-state index contributed by atoms with van der Waals surface area (Å²) in [6.45, 7) is 0.596. The van der Waals surface area contributed by atoms with Crippen molar-refractivity contribution in [1.82, 2.24) is 0 Å². The van der Waals surface area contributed by atoms with Gasteiger partial charge in [-0.05, 0) is 49.2 Å². The number of hydrogen-bond donors (Lipinski definition) is 1. The number of amides is 1. The van der Waals surface area contributed by atoms with Crippen LogP contribution in [0.25, 0.3) is 22.3 Å². The Kier molecular flexibility index (Phi) is 5.22. The topological polar surface area (TPSA) is 87.0 Å². The first-order valence-corrected chi connectivity index (χ1v) is 9.32. The first kappa shape index (κ1) is 19.0. The second kappa shape index (κ2) is 7.97. The summed E-state index contributed by atoms with van der Waals surface area (Å²) in [7, 11) is 3.10. The first-order valence-electron chi connectivity index (χ1n) is 9.32. The van der Waals surface area contributed by atoms with Crippen molar-refractivity contribution in [3.63, 3.8) is 0 Å². The molecule has 0 saturated carbocycles. The Labute approximate surface area is 167 Å². The summed E-state index contributed by atoms with van der Waals surface area (Å²) >= 11 is 0. The predicted octanol–water partition coefficient (Wildman–Crippen LogP) is 3.59. The van der Waals surface area contributed by atoms with Crippen molar-refractivity contribution in [2.24, 2.45) is 0 Å². The fraction of sp³-hybridized carbons (Fsp3) is 0.273. The molecule has 1 unspecified atom stereocenters. The van der Waals surface area contributed by atoms with Crippen LogP contribution in [-0.2, 0) is 9.53 Å². The summed E-state index contributed by atoms with van der Waals surface area (Å²) < 4.78 is 21.9. The minimum absolute atomic E-state index is 0.201. The highest BCUT2D eigenvalue weighted by Crippen LogP contribution is 2.33. The molecule has 1 aromatic heterocycles. The lowest BCUT2D eigenvalue weighted by Crippen LogP contribution is -2.26. The van der Waals surface area contributed by atoms with E-state index in [1.54, 1.807) is 50.6 Å². The molecule has 1 amide bonds. The maximum atomic E-state index is 12.7. The molecule has 1 atom stereocenters. The number of carbonyl (C=O) groups excluding carboxylic acids is 1. The van der Waals surface area contributed by atoms with Crippen LogP contribution in [0.15, 0.2) is 51.7 Å². The summed E-state index contributed by atoms with van der Waals surface area (Å²) in [5, 5.41) is 3.19. The van der Waals surface area contributed by atoms with Crippen LogP contribution in [0.1, 0.15) is 12.8 Å². The Balaban J connectivity index is 1.66. The van der Waals surface area contributed by atoms with E-state index in [0.29, 0.717) is 52.5 Å². The molecule has 3 aromatic rings. The van der Waals surface area contributed by atoms with Crippen molar-refractivity contribution >= 4 is 22.6 Å². The monoisotopic (exact) mass is 395 g/mol. The average Bonchev–Trinajstić information content (AvgIpc) is 3.28. The van der Waals surface area contributed by atoms with Gasteiger partial charge in [0.15, 0.2) is 16.9 Å². The molecule has 2 aromatic carbocycles. The zero-order chi connectivity index (χ0) is 20.4. The van der Waals surface area contributed by atoms with Crippen LogP contribution >= 0.6 is 0 Å². The Morgan fingerprint density at radius 3 is 2.62 bits per heavy atom. The van der Waals surface area contributed by atoms with Gasteiger partial charge in [-0.2, -0.15) is 0 Å². The van der Waals surface area contributed by atoms with E-state index in [0.717, 1.165) is 6.42 Å². The second-order valence-electron chi connectivity index (χ2n) is 6.75. The summed E-state index contributed by atoms with van der Waals surface area (Å²) in [6, 6.07) is 11.7. The third-order valence-corrected chi connectivity index (χ3v) is 4.88. The van der Waals surface area contributed by atoms with Gasteiger partial charge in [0.25, 0.3) is 5.91 Å². The van der Waals surface area contributed by atoms with Crippen LogP contribution in [0.5, 0.6) is 11.5 Å². The van der Waals surface area contributed by atoms with E-state index in [2.05, 4.69) is 5.32 Å². The van der Waals surface area contributed by atoms with Crippen molar-refractivity contribution in [3.8, 4) is 22.8 Å². The van der Waals surface area contributed by atoms with Gasteiger partial charge in [-0.3, -0.25) is 9.59 Å². The molecular weight excluding hydrogens is 374 g/mol. The molecule has 1 aliphatic heterocycles. The zero-order valence-electron chi connectivity index (χ0n) is 16.2. The predicted molar refractivity (Wildman–Crippen MR) is 109 cm³/mol. The lowest BCUT2D eigenvalue weighted by Gasteiger charge is -2.11. The third-order valence-electron chi connectivity index (χ3n) is 4.88. The summed E-state index contributed by atoms with van der Waals surface area (Å²) in [6.07, 6.45) is 1.14. The van der Waals surface area contributed by atoms with E-state index in [1.807, 2.05) is 0 Å². The number of methoxy groups -OCH3 is 2. The Morgan fingerprint density at radius 2 is 1.90 bits per heavy atom. The minimum Gasteiger partial charge on any atom is -0.493 e. The number of benzene rings is 2. The first-order chi connectivity index (χ1) is 14.1. The van der Waals surface area contributed by atoms with Crippen molar-refractivity contribution < 1.29 is 23.4 Å². The van der Waals surface area contributed by atoms with Crippen molar-refractivity contribution in [1.29, 1.82) is 0 Å². The third kappa shape index (κ3) is 3.82. The van der Waals surface area contributed by atoms with Gasteiger partial charge in [0, 0.05) is 23.9 Å². The molecular formula is C22H21NO6. The smallest absolute Gasteiger partial charge is 0.253 e. The second-order valence-corrected chi connectivity index (χ2v) is 6.75. The van der Waals surface area contributed by atoms with E-state index in [9.17, 15) is 9.59 Å². The maximum Gasteiger partial charge on any atom is 0.253 e. The summed E-state index contributed by atoms with van der Waals surface area (Å²) in [4.78, 5) is 24.9. The summed E-state index contributed by atoms with van der Waals surface area (Å²) in [5.41, 5.74) is 1.45. The number of carbonyl (C=O) groups is 1. The van der Waals surface area contributed by atoms with Gasteiger partial charge in [-0.25, -0.2) is 0 Å². The van der Waals surface area contributed by atoms with Crippen LogP contribution in [0, 0.1) is 0 Å². The van der Waals surface area contributed by atoms with Crippen molar-refractivity contribution in [3.05, 3.63) is 52.7 Å². The van der Waals surface area contributed by atoms with Gasteiger partial charge in [0.05, 0.1) is 19.6 Å². The van der Waals surface area contributed by atoms with E-state index < -0.39 is 6.10 Å². The molecule has 1 fully saturated rings. The van der Waals surface area contributed by atoms with E-state index in [4.69, 9.17) is 18.6 Å². The molecule has 7 heteroatoms. The minimum atomic E-state index is -0.436. The van der Waals surface area contributed by atoms with Gasteiger partial charge in [0.1, 0.15) is 17.4 Å². The number of ether oxygens (including phenoxy) is 3. The molecule has 4 rings (SSSR count). The summed E-state index contributed by atoms with van der Waals surface area (Å²) in [5.74, 6) is 1.35. The quantitative estimate of drug-likeness (QED) is 0.710. The number of anilines is 1. The highest BCUT2D eigenvalue weighted by atomic mass is 16.5. The van der Waals surface area contributed by atoms with Crippen LogP contribution in [-0.4, -0.2) is 32.8 Å². The van der Waals surface area contributed by atoms with Crippen LogP contribution in [0.2, 0.25) is 0 Å². The highest BCUT2D eigenvalue weighted by molar-refractivity contribution is 5.96. The largest absolute Gasteiger partial charge is 0.493 e. The van der Waals surface area contributed by atoms with E-state index in [1.165, 1.54) is 6.07 Å². The Hall–Kier alpha value is -3.32. The van der Waals surface area contributed by atoms with Gasteiger partial charge in [-0.1, -0.05) is 0 Å². The molecule has 29 heavy (non-hydrogen) atoms. The van der Waals surface area contributed by atoms with Crippen molar-refractivity contribution in [2.45, 2.75) is 18.9 Å². The molecule has 1 saturated heterocycles. The van der Waals surface area contributed by atoms with Crippen LogP contribution < -0.4 is 20.2 Å². The van der Waals surface area contributed by atoms with Crippen LogP contribution in [0.4, 0.5) is 5.69 Å². The molecule has 0 aliphatic carbocycles. The highest BCUT2D eigenvalue weighted by Gasteiger charge is 2.23. The van der Waals surface area contributed by atoms with Crippen LogP contribution in [0.3, 0.4) is 0 Å². The molecule has 0 spiro atoms. The molecule has 1 aliphatic rings. The van der Waals surface area contributed by atoms with Gasteiger partial charge in [0.2, 0.25) is 0 Å². The molecule has 1 N–H and O–H groups in total. The number of rotatable bonds is 5. The molecule has 2 heterocycles. The van der Waals surface area contributed by atoms with Gasteiger partial charge < -0.3 is 23.9 Å². The van der Waals surface area contributed by atoms with Crippen molar-refractivity contribution in [2.75, 3.05) is 26.1 Å². The number of nitrogens with one attached hydrogen (secondary N) is 1. The zero-order valence-corrected chi connectivity index (χ0v) is 16.2. The number of hydrogen-bond acceptors (Lipinski definition) is 6. The standard InChI is InChI=1S/C22H21NO6/c1-26-18-7-5-13(10-21(18)27-2)20-12-16(24)15-11-14(6-8-17(15)29-20)23-22(25)19-4-3-9-28-19/h5-8,10-12,19H,3-4,9H2,1-2H3,(H,23,25). The van der Waals surface area contributed by atoms with E-state index in [-0.39, 0.29) is 11.3 Å². The number of fused-ring (bicyclic) bond motifs is 1. The molecule has 7 nitrogen and oxygen atoms in total. The lowest BCUT2D eigenvalue weighted by atomic mass is 10.1. The SMILES string of the molecule is COc1ccc(-c2cc(=O)c3cc(NC(=O)C4CCCO4)ccc3o2)cc1OC. The fourth-order valence-electron chi connectivity index (χ4n) is 3.37. The molecule has 0 bridgehead atoms. The van der Waals surface area contributed by atoms with Gasteiger partial charge >= 0.3 is 0 Å². The average molecular weight is 395 g/mol. The Morgan fingerprint density at radius 1 is 1.07 bits per heavy atom. The fourth-order valence-corrected chi connectivity index (χ4v) is 3.37. The maximum absolute atomic E-state index is 12.7. The van der Waals surface area contributed by atoms with Gasteiger partial charge in [-0.15, -0.1) is 0 Å².